The number of rotatable bonds is 8. The second-order valence-electron chi connectivity index (χ2n) is 11.7. The number of anilines is 1. The largest absolute Gasteiger partial charge is 0.481 e. The van der Waals surface area contributed by atoms with E-state index in [-0.39, 0.29) is 5.91 Å². The summed E-state index contributed by atoms with van der Waals surface area (Å²) in [5, 5.41) is 16.6. The van der Waals surface area contributed by atoms with Crippen molar-refractivity contribution in [1.82, 2.24) is 39.7 Å². The molecule has 0 aliphatic carbocycles. The zero-order valence-corrected chi connectivity index (χ0v) is 29.2. The molecule has 0 bridgehead atoms. The number of carbonyl (C=O) groups is 2. The topological polar surface area (TPSA) is 134 Å². The van der Waals surface area contributed by atoms with E-state index in [0.717, 1.165) is 65.3 Å². The summed E-state index contributed by atoms with van der Waals surface area (Å²) in [6, 6.07) is 18.3. The Morgan fingerprint density at radius 1 is 1.06 bits per heavy atom. The molecule has 0 unspecified atom stereocenters. The van der Waals surface area contributed by atoms with Gasteiger partial charge in [-0.15, -0.1) is 0 Å². The lowest BCUT2D eigenvalue weighted by molar-refractivity contribution is -0.131. The van der Waals surface area contributed by atoms with Crippen molar-refractivity contribution >= 4 is 46.6 Å². The van der Waals surface area contributed by atoms with Gasteiger partial charge in [0.05, 0.1) is 19.2 Å². The summed E-state index contributed by atoms with van der Waals surface area (Å²) >= 11 is 1.91. The molecule has 2 N–H and O–H groups in total. The molecule has 2 aliphatic heterocycles. The van der Waals surface area contributed by atoms with Crippen molar-refractivity contribution in [2.75, 3.05) is 58.5 Å². The molecule has 1 atom stereocenters. The van der Waals surface area contributed by atoms with Gasteiger partial charge in [-0.1, -0.05) is 30.3 Å². The molecule has 5 heterocycles. The van der Waals surface area contributed by atoms with E-state index in [1.165, 1.54) is 17.6 Å². The minimum atomic E-state index is 0.258. The van der Waals surface area contributed by atoms with Crippen LogP contribution in [0, 0.1) is 0 Å². The summed E-state index contributed by atoms with van der Waals surface area (Å²) in [6.45, 7) is 6.15. The fourth-order valence-corrected chi connectivity index (χ4v) is 6.62. The van der Waals surface area contributed by atoms with Crippen molar-refractivity contribution in [2.45, 2.75) is 18.1 Å². The van der Waals surface area contributed by atoms with Crippen LogP contribution in [-0.4, -0.2) is 111 Å². The normalized spacial score (nSPS) is 15.9. The van der Waals surface area contributed by atoms with Gasteiger partial charge in [0, 0.05) is 73.4 Å². The highest BCUT2D eigenvalue weighted by Gasteiger charge is 2.26. The van der Waals surface area contributed by atoms with Crippen LogP contribution in [0.2, 0.25) is 0 Å². The number of H-pyrrole nitrogens is 1. The molecule has 3 aromatic heterocycles. The quantitative estimate of drug-likeness (QED) is 0.230. The number of hydrogen-bond acceptors (Lipinski definition) is 10. The molecule has 1 amide bonds. The highest BCUT2D eigenvalue weighted by molar-refractivity contribution is 7.99. The fourth-order valence-electron chi connectivity index (χ4n) is 5.92. The lowest BCUT2D eigenvalue weighted by Crippen LogP contribution is -2.41. The first kappa shape index (κ1) is 35.3. The molecule has 12 nitrogen and oxygen atoms in total. The van der Waals surface area contributed by atoms with Gasteiger partial charge in [0.1, 0.15) is 18.8 Å². The number of likely N-dealkylation sites (tertiary alicyclic amines) is 1. The Kier molecular flexibility index (Phi) is 12.2. The summed E-state index contributed by atoms with van der Waals surface area (Å²) < 4.78 is 6.77. The fraction of sp³-hybridized carbons (Fsp3) is 0.333. The average molecular weight is 682 g/mol. The van der Waals surface area contributed by atoms with Gasteiger partial charge in [0.15, 0.2) is 5.82 Å². The molecule has 0 spiro atoms. The van der Waals surface area contributed by atoms with E-state index < -0.39 is 0 Å². The van der Waals surface area contributed by atoms with Gasteiger partial charge < -0.3 is 19.7 Å². The highest BCUT2D eigenvalue weighted by Crippen LogP contribution is 2.29. The maximum absolute atomic E-state index is 12.6. The van der Waals surface area contributed by atoms with Crippen LogP contribution in [-0.2, 0) is 16.6 Å². The molecule has 1 fully saturated rings. The Morgan fingerprint density at radius 2 is 1.84 bits per heavy atom. The monoisotopic (exact) mass is 681 g/mol. The summed E-state index contributed by atoms with van der Waals surface area (Å²) in [5.41, 5.74) is 7.46. The number of amides is 1. The number of methoxy groups -OCH3 is 1. The lowest BCUT2D eigenvalue weighted by atomic mass is 9.98. The van der Waals surface area contributed by atoms with E-state index >= 15 is 0 Å². The van der Waals surface area contributed by atoms with Gasteiger partial charge >= 0.3 is 0 Å². The van der Waals surface area contributed by atoms with Crippen LogP contribution in [0.15, 0.2) is 73.2 Å². The molecule has 49 heavy (non-hydrogen) atoms. The minimum Gasteiger partial charge on any atom is -0.481 e. The third kappa shape index (κ3) is 8.72. The number of carbonyl (C=O) groups excluding carboxylic acids is 2. The Bertz CT molecular complexity index is 1850. The Labute approximate surface area is 291 Å². The number of thioether (sulfide) groups is 1. The second-order valence-corrected chi connectivity index (χ2v) is 12.8. The van der Waals surface area contributed by atoms with Crippen LogP contribution in [0.5, 0.6) is 5.88 Å². The number of nitrogens with one attached hydrogen (secondary N) is 2. The van der Waals surface area contributed by atoms with E-state index in [9.17, 15) is 4.79 Å². The van der Waals surface area contributed by atoms with Gasteiger partial charge in [0.2, 0.25) is 11.8 Å². The van der Waals surface area contributed by atoms with Crippen LogP contribution < -0.4 is 10.1 Å². The number of aromatic amines is 1. The summed E-state index contributed by atoms with van der Waals surface area (Å²) in [6.07, 6.45) is 9.93. The predicted molar refractivity (Wildman–Crippen MR) is 197 cm³/mol. The number of fused-ring (bicyclic) bond motifs is 1. The van der Waals surface area contributed by atoms with Crippen LogP contribution in [0.3, 0.4) is 0 Å². The van der Waals surface area contributed by atoms with E-state index in [0.29, 0.717) is 24.2 Å². The molecular weight excluding hydrogens is 639 g/mol. The molecule has 5 aromatic rings. The first-order valence-electron chi connectivity index (χ1n) is 16.1. The molecule has 0 saturated carbocycles. The molecule has 7 rings (SSSR count). The second kappa shape index (κ2) is 16.9. The Balaban J connectivity index is 0.000000194. The zero-order valence-electron chi connectivity index (χ0n) is 28.4. The van der Waals surface area contributed by atoms with Crippen molar-refractivity contribution in [3.8, 4) is 28.5 Å². The smallest absolute Gasteiger partial charge is 0.237 e. The third-order valence-corrected chi connectivity index (χ3v) is 9.72. The first-order chi connectivity index (χ1) is 23.9. The number of aryl methyl sites for hydroxylation is 1. The number of pyridine rings is 1. The van der Waals surface area contributed by atoms with Gasteiger partial charge in [-0.3, -0.25) is 19.5 Å². The van der Waals surface area contributed by atoms with Gasteiger partial charge in [-0.2, -0.15) is 22.0 Å². The van der Waals surface area contributed by atoms with E-state index in [4.69, 9.17) is 9.53 Å². The van der Waals surface area contributed by atoms with Crippen LogP contribution in [0.25, 0.3) is 39.1 Å². The van der Waals surface area contributed by atoms with E-state index in [1.807, 2.05) is 61.8 Å². The van der Waals surface area contributed by atoms with Crippen LogP contribution in [0.4, 0.5) is 5.69 Å². The van der Waals surface area contributed by atoms with Crippen molar-refractivity contribution in [3.63, 3.8) is 0 Å². The van der Waals surface area contributed by atoms with Crippen LogP contribution >= 0.6 is 11.8 Å². The SMILES string of the molecule is C=O.CNc1ccc2[nH]nc(-c3ccc(OC)nc3)c2c1.CS[C@H]1CCN(CC(=O)N2CC=C(c3ccc(-c4ncn(C)n4)cc3)CC2)C1. The molecule has 2 aliphatic rings. The first-order valence-corrected chi connectivity index (χ1v) is 17.4. The maximum Gasteiger partial charge on any atom is 0.237 e. The molecule has 1 saturated heterocycles. The maximum atomic E-state index is 12.6. The molecule has 256 valence electrons. The van der Waals surface area contributed by atoms with E-state index in [1.54, 1.807) is 24.3 Å². The number of aromatic nitrogens is 6. The molecule has 2 aromatic carbocycles. The number of ether oxygens (including phenoxy) is 1. The summed E-state index contributed by atoms with van der Waals surface area (Å²) in [7, 11) is 5.37. The van der Waals surface area contributed by atoms with Crippen LogP contribution in [0.1, 0.15) is 18.4 Å². The average Bonchev–Trinajstić information content (AvgIpc) is 3.92. The van der Waals surface area contributed by atoms with Gasteiger partial charge in [-0.25, -0.2) is 9.97 Å². The Hall–Kier alpha value is -5.01. The van der Waals surface area contributed by atoms with Crippen molar-refractivity contribution in [2.24, 2.45) is 7.05 Å². The van der Waals surface area contributed by atoms with E-state index in [2.05, 4.69) is 78.1 Å². The lowest BCUT2D eigenvalue weighted by Gasteiger charge is -2.28. The number of nitrogens with zero attached hydrogens (tertiary/aromatic N) is 7. The number of benzene rings is 2. The summed E-state index contributed by atoms with van der Waals surface area (Å²) in [5.74, 6) is 1.60. The highest BCUT2D eigenvalue weighted by atomic mass is 32.2. The predicted octanol–water partition coefficient (Wildman–Crippen LogP) is 5.03. The van der Waals surface area contributed by atoms with Crippen molar-refractivity contribution in [1.29, 1.82) is 0 Å². The standard InChI is InChI=1S/C21H27N5OS.C14H14N4O.CH2O/c1-24-15-22-21(23-24)18-5-3-16(4-6-18)17-7-11-26(12-8-17)20(27)14-25-10-9-19(13-25)28-2;1-15-10-4-5-12-11(7-10)14(18-17-12)9-3-6-13(19-2)16-8-9;1-2/h3-7,15,19H,8-14H2,1-2H3;3-8,15H,1-2H3,(H,17,18);1H2/t19-;;/m0../s1. The Morgan fingerprint density at radius 3 is 2.45 bits per heavy atom. The number of hydrogen-bond donors (Lipinski definition) is 2. The summed E-state index contributed by atoms with van der Waals surface area (Å²) in [4.78, 5) is 33.4. The van der Waals surface area contributed by atoms with Crippen molar-refractivity contribution in [3.05, 3.63) is 78.8 Å². The van der Waals surface area contributed by atoms with Crippen molar-refractivity contribution < 1.29 is 14.3 Å². The molecule has 13 heteroatoms. The van der Waals surface area contributed by atoms with Gasteiger partial charge in [-0.05, 0) is 61.0 Å². The third-order valence-electron chi connectivity index (χ3n) is 8.67. The zero-order chi connectivity index (χ0) is 34.8. The molecule has 0 radical (unpaired) electrons. The molecular formula is C36H43N9O3S. The minimum absolute atomic E-state index is 0.258. The van der Waals surface area contributed by atoms with Gasteiger partial charge in [0.25, 0.3) is 0 Å².